The van der Waals surface area contributed by atoms with Gasteiger partial charge in [0.25, 0.3) is 0 Å². The molecule has 2 aliphatic rings. The zero-order valence-electron chi connectivity index (χ0n) is 14.6. The van der Waals surface area contributed by atoms with Crippen LogP contribution in [0.25, 0.3) is 11.4 Å². The van der Waals surface area contributed by atoms with E-state index in [1.54, 1.807) is 12.5 Å². The lowest BCUT2D eigenvalue weighted by atomic mass is 10.0. The average molecular weight is 344 g/mol. The molecule has 2 aromatic heterocycles. The summed E-state index contributed by atoms with van der Waals surface area (Å²) in [6.07, 6.45) is 8.27. The number of carbonyl (C=O) groups is 1. The van der Waals surface area contributed by atoms with Crippen molar-refractivity contribution in [2.24, 2.45) is 0 Å². The molecule has 1 amide bonds. The van der Waals surface area contributed by atoms with E-state index in [1.165, 1.54) is 0 Å². The predicted molar refractivity (Wildman–Crippen MR) is 90.5 cm³/mol. The van der Waals surface area contributed by atoms with Crippen LogP contribution in [-0.2, 0) is 11.3 Å². The molecule has 0 aromatic carbocycles. The van der Waals surface area contributed by atoms with Crippen LogP contribution in [0, 0.1) is 0 Å². The maximum absolute atomic E-state index is 12.2. The van der Waals surface area contributed by atoms with Gasteiger partial charge in [0.2, 0.25) is 17.6 Å². The van der Waals surface area contributed by atoms with Crippen molar-refractivity contribution in [2.75, 3.05) is 13.1 Å². The highest BCUT2D eigenvalue weighted by Crippen LogP contribution is 2.31. The Morgan fingerprint density at radius 3 is 2.92 bits per heavy atom. The molecule has 25 heavy (non-hydrogen) atoms. The van der Waals surface area contributed by atoms with Crippen molar-refractivity contribution in [2.45, 2.75) is 57.7 Å². The number of furan rings is 1. The summed E-state index contributed by atoms with van der Waals surface area (Å²) >= 11 is 0. The summed E-state index contributed by atoms with van der Waals surface area (Å²) < 4.78 is 10.5. The lowest BCUT2D eigenvalue weighted by Crippen LogP contribution is -2.47. The van der Waals surface area contributed by atoms with Crippen LogP contribution < -0.4 is 0 Å². The number of nitrogens with zero attached hydrogens (tertiary/aromatic N) is 4. The topological polar surface area (TPSA) is 75.6 Å². The zero-order valence-corrected chi connectivity index (χ0v) is 14.6. The molecule has 7 heteroatoms. The van der Waals surface area contributed by atoms with Crippen LogP contribution in [0.3, 0.4) is 0 Å². The van der Waals surface area contributed by atoms with Gasteiger partial charge in [-0.3, -0.25) is 9.69 Å². The van der Waals surface area contributed by atoms with E-state index in [-0.39, 0.29) is 5.91 Å². The van der Waals surface area contributed by atoms with Crippen LogP contribution in [0.15, 0.2) is 27.5 Å². The largest absolute Gasteiger partial charge is 0.472 e. The van der Waals surface area contributed by atoms with Gasteiger partial charge in [-0.1, -0.05) is 12.1 Å². The number of carbonyl (C=O) groups excluding carboxylic acids is 1. The first-order valence-corrected chi connectivity index (χ1v) is 9.15. The third-order valence-corrected chi connectivity index (χ3v) is 5.37. The van der Waals surface area contributed by atoms with Crippen LogP contribution in [-0.4, -0.2) is 51.0 Å². The predicted octanol–water partition coefficient (Wildman–Crippen LogP) is 2.70. The normalized spacial score (nSPS) is 24.3. The number of hydrogen-bond donors (Lipinski definition) is 0. The second-order valence-electron chi connectivity index (χ2n) is 6.85. The number of hydrogen-bond acceptors (Lipinski definition) is 6. The maximum Gasteiger partial charge on any atom is 0.241 e. The monoisotopic (exact) mass is 344 g/mol. The van der Waals surface area contributed by atoms with E-state index in [9.17, 15) is 4.79 Å². The standard InChI is InChI=1S/C18H24N4O3/c1-2-17(23)22-9-4-6-15(22)14-5-3-8-21(14)11-16-19-18(20-25-16)13-7-10-24-12-13/h7,10,12,14-15H,2-6,8-9,11H2,1H3/t14-,15+/m1/s1. The number of likely N-dealkylation sites (tertiary alicyclic amines) is 2. The first kappa shape index (κ1) is 16.3. The molecule has 4 rings (SSSR count). The first-order chi connectivity index (χ1) is 12.3. The van der Waals surface area contributed by atoms with Crippen LogP contribution >= 0.6 is 0 Å². The fraction of sp³-hybridized carbons (Fsp3) is 0.611. The first-order valence-electron chi connectivity index (χ1n) is 9.15. The molecule has 0 bridgehead atoms. The van der Waals surface area contributed by atoms with Crippen molar-refractivity contribution in [3.63, 3.8) is 0 Å². The maximum atomic E-state index is 12.2. The zero-order chi connectivity index (χ0) is 17.2. The van der Waals surface area contributed by atoms with Gasteiger partial charge in [-0.2, -0.15) is 4.98 Å². The Bertz CT molecular complexity index is 712. The van der Waals surface area contributed by atoms with Gasteiger partial charge in [0.15, 0.2) is 0 Å². The Kier molecular flexibility index (Phi) is 4.57. The summed E-state index contributed by atoms with van der Waals surface area (Å²) in [7, 11) is 0. The number of aromatic nitrogens is 2. The minimum absolute atomic E-state index is 0.273. The van der Waals surface area contributed by atoms with E-state index in [0.29, 0.717) is 36.8 Å². The van der Waals surface area contributed by atoms with Gasteiger partial charge in [0.1, 0.15) is 6.26 Å². The van der Waals surface area contributed by atoms with Crippen LogP contribution in [0.1, 0.15) is 44.9 Å². The van der Waals surface area contributed by atoms with E-state index < -0.39 is 0 Å². The summed E-state index contributed by atoms with van der Waals surface area (Å²) in [5.41, 5.74) is 0.823. The SMILES string of the molecule is CCC(=O)N1CCC[C@H]1[C@H]1CCCN1Cc1nc(-c2ccoc2)no1. The molecule has 0 saturated carbocycles. The van der Waals surface area contributed by atoms with Gasteiger partial charge >= 0.3 is 0 Å². The van der Waals surface area contributed by atoms with Gasteiger partial charge in [-0.15, -0.1) is 0 Å². The fourth-order valence-corrected chi connectivity index (χ4v) is 4.19. The average Bonchev–Trinajstić information content (AvgIpc) is 3.38. The highest BCUT2D eigenvalue weighted by molar-refractivity contribution is 5.76. The summed E-state index contributed by atoms with van der Waals surface area (Å²) in [5.74, 6) is 1.45. The summed E-state index contributed by atoms with van der Waals surface area (Å²) in [5, 5.41) is 4.04. The molecule has 134 valence electrons. The Labute approximate surface area is 147 Å². The molecular formula is C18H24N4O3. The smallest absolute Gasteiger partial charge is 0.241 e. The van der Waals surface area contributed by atoms with E-state index in [1.807, 2.05) is 13.0 Å². The second kappa shape index (κ2) is 7.00. The fourth-order valence-electron chi connectivity index (χ4n) is 4.19. The summed E-state index contributed by atoms with van der Waals surface area (Å²) in [6.45, 7) is 4.49. The van der Waals surface area contributed by atoms with Gasteiger partial charge in [-0.05, 0) is 38.3 Å². The van der Waals surface area contributed by atoms with Crippen LogP contribution in [0.5, 0.6) is 0 Å². The Morgan fingerprint density at radius 1 is 1.28 bits per heavy atom. The third kappa shape index (κ3) is 3.20. The summed E-state index contributed by atoms with van der Waals surface area (Å²) in [6, 6.07) is 2.54. The minimum Gasteiger partial charge on any atom is -0.472 e. The molecule has 0 N–H and O–H groups in total. The van der Waals surface area contributed by atoms with Crippen LogP contribution in [0.4, 0.5) is 0 Å². The molecule has 2 aliphatic heterocycles. The van der Waals surface area contributed by atoms with Crippen LogP contribution in [0.2, 0.25) is 0 Å². The van der Waals surface area contributed by atoms with E-state index in [2.05, 4.69) is 19.9 Å². The quantitative estimate of drug-likeness (QED) is 0.830. The highest BCUT2D eigenvalue weighted by atomic mass is 16.5. The Hall–Kier alpha value is -2.15. The van der Waals surface area contributed by atoms with Gasteiger partial charge in [-0.25, -0.2) is 0 Å². The molecule has 0 unspecified atom stereocenters. The number of amides is 1. The van der Waals surface area contributed by atoms with Crippen molar-refractivity contribution in [1.29, 1.82) is 0 Å². The van der Waals surface area contributed by atoms with Crippen molar-refractivity contribution < 1.29 is 13.7 Å². The molecule has 2 saturated heterocycles. The molecule has 4 heterocycles. The van der Waals surface area contributed by atoms with E-state index in [4.69, 9.17) is 8.94 Å². The minimum atomic E-state index is 0.273. The molecule has 2 fully saturated rings. The lowest BCUT2D eigenvalue weighted by molar-refractivity contribution is -0.132. The summed E-state index contributed by atoms with van der Waals surface area (Å²) in [4.78, 5) is 21.2. The third-order valence-electron chi connectivity index (χ3n) is 5.37. The van der Waals surface area contributed by atoms with Gasteiger partial charge in [0.05, 0.1) is 18.4 Å². The van der Waals surface area contributed by atoms with E-state index in [0.717, 1.165) is 44.3 Å². The molecular weight excluding hydrogens is 320 g/mol. The van der Waals surface area contributed by atoms with Crippen molar-refractivity contribution >= 4 is 5.91 Å². The molecule has 2 aromatic rings. The molecule has 7 nitrogen and oxygen atoms in total. The number of rotatable bonds is 5. The molecule has 0 radical (unpaired) electrons. The molecule has 0 spiro atoms. The van der Waals surface area contributed by atoms with E-state index >= 15 is 0 Å². The highest BCUT2D eigenvalue weighted by Gasteiger charge is 2.39. The second-order valence-corrected chi connectivity index (χ2v) is 6.85. The Morgan fingerprint density at radius 2 is 2.12 bits per heavy atom. The lowest BCUT2D eigenvalue weighted by Gasteiger charge is -2.34. The molecule has 0 aliphatic carbocycles. The Balaban J connectivity index is 1.46. The van der Waals surface area contributed by atoms with Gasteiger partial charge in [0, 0.05) is 25.0 Å². The van der Waals surface area contributed by atoms with Crippen molar-refractivity contribution in [1.82, 2.24) is 19.9 Å². The van der Waals surface area contributed by atoms with Crippen molar-refractivity contribution in [3.8, 4) is 11.4 Å². The van der Waals surface area contributed by atoms with Crippen molar-refractivity contribution in [3.05, 3.63) is 24.5 Å². The molecule has 2 atom stereocenters. The van der Waals surface area contributed by atoms with Gasteiger partial charge < -0.3 is 13.8 Å².